The predicted molar refractivity (Wildman–Crippen MR) is 81.7 cm³/mol. The van der Waals surface area contributed by atoms with Gasteiger partial charge < -0.3 is 4.98 Å². The van der Waals surface area contributed by atoms with Crippen molar-refractivity contribution in [2.75, 3.05) is 0 Å². The summed E-state index contributed by atoms with van der Waals surface area (Å²) >= 11 is 2.25. The SMILES string of the molecule is Cc1nc2nc(C)n(-c3ccccc3I)c2c(=O)[nH]1. The van der Waals surface area contributed by atoms with Crippen molar-refractivity contribution in [3.05, 3.63) is 49.8 Å². The predicted octanol–water partition coefficient (Wildman–Crippen LogP) is 2.33. The summed E-state index contributed by atoms with van der Waals surface area (Å²) in [5.41, 5.74) is 1.76. The van der Waals surface area contributed by atoms with Gasteiger partial charge in [-0.15, -0.1) is 0 Å². The number of halogens is 1. The molecule has 19 heavy (non-hydrogen) atoms. The van der Waals surface area contributed by atoms with Crippen LogP contribution in [0.3, 0.4) is 0 Å². The Labute approximate surface area is 122 Å². The molecule has 0 aliphatic rings. The third-order valence-corrected chi connectivity index (χ3v) is 3.82. The van der Waals surface area contributed by atoms with Crippen molar-refractivity contribution >= 4 is 33.8 Å². The van der Waals surface area contributed by atoms with E-state index in [4.69, 9.17) is 0 Å². The van der Waals surface area contributed by atoms with Gasteiger partial charge in [0.25, 0.3) is 5.56 Å². The van der Waals surface area contributed by atoms with Crippen LogP contribution in [0.1, 0.15) is 11.6 Å². The van der Waals surface area contributed by atoms with Gasteiger partial charge in [-0.2, -0.15) is 0 Å². The van der Waals surface area contributed by atoms with E-state index in [0.29, 0.717) is 17.0 Å². The highest BCUT2D eigenvalue weighted by molar-refractivity contribution is 14.1. The van der Waals surface area contributed by atoms with Crippen LogP contribution in [-0.2, 0) is 0 Å². The van der Waals surface area contributed by atoms with Crippen molar-refractivity contribution < 1.29 is 0 Å². The fourth-order valence-electron chi connectivity index (χ4n) is 2.14. The standard InChI is InChI=1S/C13H11IN4O/c1-7-15-12-11(13(19)16-7)18(8(2)17-12)10-6-4-3-5-9(10)14/h3-6H,1-2H3,(H,15,16,19). The Balaban J connectivity index is 2.46. The summed E-state index contributed by atoms with van der Waals surface area (Å²) in [5, 5.41) is 0. The molecular formula is C13H11IN4O. The van der Waals surface area contributed by atoms with E-state index in [2.05, 4.69) is 37.5 Å². The topological polar surface area (TPSA) is 63.6 Å². The number of aryl methyl sites for hydroxylation is 2. The lowest BCUT2D eigenvalue weighted by Gasteiger charge is -2.08. The van der Waals surface area contributed by atoms with Gasteiger partial charge in [-0.1, -0.05) is 12.1 Å². The van der Waals surface area contributed by atoms with Gasteiger partial charge in [0.15, 0.2) is 11.2 Å². The van der Waals surface area contributed by atoms with Gasteiger partial charge in [-0.3, -0.25) is 9.36 Å². The number of imidazole rings is 1. The van der Waals surface area contributed by atoms with Crippen molar-refractivity contribution in [3.8, 4) is 5.69 Å². The Kier molecular flexibility index (Phi) is 2.89. The number of H-pyrrole nitrogens is 1. The first-order chi connectivity index (χ1) is 9.08. The largest absolute Gasteiger partial charge is 0.309 e. The summed E-state index contributed by atoms with van der Waals surface area (Å²) in [6, 6.07) is 7.87. The lowest BCUT2D eigenvalue weighted by molar-refractivity contribution is 0.985. The van der Waals surface area contributed by atoms with E-state index in [1.54, 1.807) is 6.92 Å². The Morgan fingerprint density at radius 2 is 1.95 bits per heavy atom. The monoisotopic (exact) mass is 366 g/mol. The van der Waals surface area contributed by atoms with Crippen molar-refractivity contribution in [3.63, 3.8) is 0 Å². The van der Waals surface area contributed by atoms with E-state index in [-0.39, 0.29) is 5.56 Å². The van der Waals surface area contributed by atoms with E-state index < -0.39 is 0 Å². The lowest BCUT2D eigenvalue weighted by Crippen LogP contribution is -2.13. The van der Waals surface area contributed by atoms with Crippen molar-refractivity contribution in [1.29, 1.82) is 0 Å². The van der Waals surface area contributed by atoms with Crippen LogP contribution in [0.15, 0.2) is 29.1 Å². The Morgan fingerprint density at radius 1 is 1.21 bits per heavy atom. The molecule has 96 valence electrons. The zero-order valence-corrected chi connectivity index (χ0v) is 12.6. The normalized spacial score (nSPS) is 11.1. The van der Waals surface area contributed by atoms with Gasteiger partial charge >= 0.3 is 0 Å². The van der Waals surface area contributed by atoms with Crippen LogP contribution in [0.4, 0.5) is 0 Å². The highest BCUT2D eigenvalue weighted by Crippen LogP contribution is 2.21. The van der Waals surface area contributed by atoms with Crippen LogP contribution in [0.2, 0.25) is 0 Å². The Hall–Kier alpha value is -1.70. The second-order valence-electron chi connectivity index (χ2n) is 4.27. The summed E-state index contributed by atoms with van der Waals surface area (Å²) in [5.74, 6) is 1.33. The number of benzene rings is 1. The number of fused-ring (bicyclic) bond motifs is 1. The summed E-state index contributed by atoms with van der Waals surface area (Å²) in [7, 11) is 0. The number of aromatic nitrogens is 4. The summed E-state index contributed by atoms with van der Waals surface area (Å²) < 4.78 is 2.91. The highest BCUT2D eigenvalue weighted by Gasteiger charge is 2.15. The second kappa shape index (κ2) is 4.44. The first-order valence-corrected chi connectivity index (χ1v) is 6.86. The van der Waals surface area contributed by atoms with E-state index in [9.17, 15) is 4.79 Å². The molecular weight excluding hydrogens is 355 g/mol. The molecule has 0 amide bonds. The first-order valence-electron chi connectivity index (χ1n) is 5.79. The summed E-state index contributed by atoms with van der Waals surface area (Å²) in [4.78, 5) is 23.5. The molecule has 3 aromatic rings. The van der Waals surface area contributed by atoms with Crippen molar-refractivity contribution in [2.24, 2.45) is 0 Å². The molecule has 0 spiro atoms. The molecule has 1 aromatic carbocycles. The molecule has 0 atom stereocenters. The quantitative estimate of drug-likeness (QED) is 0.673. The molecule has 6 heteroatoms. The van der Waals surface area contributed by atoms with Gasteiger partial charge in [0, 0.05) is 3.57 Å². The smallest absolute Gasteiger partial charge is 0.277 e. The average molecular weight is 366 g/mol. The maximum absolute atomic E-state index is 12.2. The molecule has 0 unspecified atom stereocenters. The first kappa shape index (κ1) is 12.3. The second-order valence-corrected chi connectivity index (χ2v) is 5.43. The fourth-order valence-corrected chi connectivity index (χ4v) is 2.77. The fraction of sp³-hybridized carbons (Fsp3) is 0.154. The van der Waals surface area contributed by atoms with E-state index in [0.717, 1.165) is 15.1 Å². The molecule has 3 rings (SSSR count). The number of nitrogens with one attached hydrogen (secondary N) is 1. The Morgan fingerprint density at radius 3 is 2.68 bits per heavy atom. The van der Waals surface area contributed by atoms with Crippen LogP contribution in [0.25, 0.3) is 16.9 Å². The number of hydrogen-bond acceptors (Lipinski definition) is 3. The van der Waals surface area contributed by atoms with Gasteiger partial charge in [-0.25, -0.2) is 9.97 Å². The van der Waals surface area contributed by atoms with Crippen molar-refractivity contribution in [1.82, 2.24) is 19.5 Å². The third-order valence-electron chi connectivity index (χ3n) is 2.90. The van der Waals surface area contributed by atoms with Gasteiger partial charge in [0.2, 0.25) is 0 Å². The molecule has 0 radical (unpaired) electrons. The maximum Gasteiger partial charge on any atom is 0.277 e. The van der Waals surface area contributed by atoms with E-state index >= 15 is 0 Å². The highest BCUT2D eigenvalue weighted by atomic mass is 127. The summed E-state index contributed by atoms with van der Waals surface area (Å²) in [6.07, 6.45) is 0. The Bertz CT molecular complexity index is 834. The maximum atomic E-state index is 12.2. The van der Waals surface area contributed by atoms with Crippen LogP contribution in [0, 0.1) is 17.4 Å². The molecule has 0 saturated carbocycles. The molecule has 0 bridgehead atoms. The molecule has 0 aliphatic heterocycles. The molecule has 2 heterocycles. The zero-order valence-electron chi connectivity index (χ0n) is 10.4. The van der Waals surface area contributed by atoms with E-state index in [1.165, 1.54) is 0 Å². The van der Waals surface area contributed by atoms with E-state index in [1.807, 2.05) is 35.8 Å². The van der Waals surface area contributed by atoms with Crippen LogP contribution >= 0.6 is 22.6 Å². The minimum Gasteiger partial charge on any atom is -0.309 e. The third kappa shape index (κ3) is 1.95. The zero-order chi connectivity index (χ0) is 13.6. The average Bonchev–Trinajstić information content (AvgIpc) is 2.66. The minimum atomic E-state index is -0.164. The molecule has 2 aromatic heterocycles. The number of para-hydroxylation sites is 1. The lowest BCUT2D eigenvalue weighted by atomic mass is 10.3. The molecule has 0 fully saturated rings. The van der Waals surface area contributed by atoms with Gasteiger partial charge in [0.1, 0.15) is 11.6 Å². The van der Waals surface area contributed by atoms with Crippen LogP contribution in [-0.4, -0.2) is 19.5 Å². The summed E-state index contributed by atoms with van der Waals surface area (Å²) in [6.45, 7) is 3.63. The molecule has 1 N–H and O–H groups in total. The number of aromatic amines is 1. The van der Waals surface area contributed by atoms with Crippen LogP contribution in [0.5, 0.6) is 0 Å². The number of nitrogens with zero attached hydrogens (tertiary/aromatic N) is 3. The minimum absolute atomic E-state index is 0.164. The van der Waals surface area contributed by atoms with Gasteiger partial charge in [0.05, 0.1) is 5.69 Å². The van der Waals surface area contributed by atoms with Crippen molar-refractivity contribution in [2.45, 2.75) is 13.8 Å². The number of hydrogen-bond donors (Lipinski definition) is 1. The van der Waals surface area contributed by atoms with Crippen LogP contribution < -0.4 is 5.56 Å². The number of rotatable bonds is 1. The molecule has 0 aliphatic carbocycles. The van der Waals surface area contributed by atoms with Gasteiger partial charge in [-0.05, 0) is 48.6 Å². The molecule has 5 nitrogen and oxygen atoms in total. The molecule has 0 saturated heterocycles.